The van der Waals surface area contributed by atoms with Crippen molar-refractivity contribution in [3.05, 3.63) is 83.9 Å². The van der Waals surface area contributed by atoms with E-state index in [0.717, 1.165) is 60.9 Å². The van der Waals surface area contributed by atoms with Crippen LogP contribution in [-0.2, 0) is 6.54 Å². The maximum atomic E-state index is 12.9. The van der Waals surface area contributed by atoms with E-state index in [1.165, 1.54) is 10.5 Å². The Morgan fingerprint density at radius 1 is 0.833 bits per heavy atom. The van der Waals surface area contributed by atoms with Crippen LogP contribution in [0.25, 0.3) is 11.1 Å². The molecule has 0 bridgehead atoms. The fourth-order valence-corrected chi connectivity index (χ4v) is 4.16. The van der Waals surface area contributed by atoms with E-state index in [4.69, 9.17) is 9.47 Å². The van der Waals surface area contributed by atoms with E-state index in [-0.39, 0.29) is 5.91 Å². The molecule has 152 valence electrons. The molecule has 1 fully saturated rings. The molecule has 0 saturated carbocycles. The van der Waals surface area contributed by atoms with E-state index < -0.39 is 0 Å². The van der Waals surface area contributed by atoms with Crippen molar-refractivity contribution in [2.45, 2.75) is 6.54 Å². The normalized spacial score (nSPS) is 15.9. The maximum absolute atomic E-state index is 12.9. The second-order valence-corrected chi connectivity index (χ2v) is 7.85. The highest BCUT2D eigenvalue weighted by molar-refractivity contribution is 5.94. The lowest BCUT2D eigenvalue weighted by Gasteiger charge is -2.32. The topological polar surface area (TPSA) is 43.2 Å². The lowest BCUT2D eigenvalue weighted by atomic mass is 10.0. The minimum Gasteiger partial charge on any atom is -0.454 e. The lowest BCUT2D eigenvalue weighted by Crippen LogP contribution is -3.13. The molecule has 30 heavy (non-hydrogen) atoms. The van der Waals surface area contributed by atoms with Gasteiger partial charge in [0.1, 0.15) is 6.54 Å². The number of ether oxygens (including phenoxy) is 2. The molecular formula is C25H25N2O3+. The van der Waals surface area contributed by atoms with Crippen molar-refractivity contribution in [3.63, 3.8) is 0 Å². The Morgan fingerprint density at radius 2 is 1.53 bits per heavy atom. The van der Waals surface area contributed by atoms with Crippen LogP contribution in [0.15, 0.2) is 72.8 Å². The SMILES string of the molecule is O=C(c1ccc(-c2ccccc2)cc1)N1CC[NH+](Cc2ccc3c(c2)OCO3)CC1. The molecule has 0 radical (unpaired) electrons. The Balaban J connectivity index is 1.18. The molecule has 3 aromatic rings. The number of nitrogens with one attached hydrogen (secondary N) is 1. The lowest BCUT2D eigenvalue weighted by molar-refractivity contribution is -0.917. The summed E-state index contributed by atoms with van der Waals surface area (Å²) in [6.45, 7) is 4.69. The average Bonchev–Trinajstić information content (AvgIpc) is 3.28. The molecule has 0 atom stereocenters. The van der Waals surface area contributed by atoms with Gasteiger partial charge in [0.15, 0.2) is 11.5 Å². The summed E-state index contributed by atoms with van der Waals surface area (Å²) in [6, 6.07) is 24.3. The predicted octanol–water partition coefficient (Wildman–Crippen LogP) is 2.62. The van der Waals surface area contributed by atoms with Crippen molar-refractivity contribution < 1.29 is 19.2 Å². The van der Waals surface area contributed by atoms with Crippen molar-refractivity contribution >= 4 is 5.91 Å². The van der Waals surface area contributed by atoms with Gasteiger partial charge in [-0.3, -0.25) is 4.79 Å². The number of amides is 1. The van der Waals surface area contributed by atoms with Gasteiger partial charge in [-0.1, -0.05) is 42.5 Å². The number of benzene rings is 3. The summed E-state index contributed by atoms with van der Waals surface area (Å²) in [5.41, 5.74) is 4.29. The summed E-state index contributed by atoms with van der Waals surface area (Å²) >= 11 is 0. The monoisotopic (exact) mass is 401 g/mol. The van der Waals surface area contributed by atoms with Crippen LogP contribution in [0.1, 0.15) is 15.9 Å². The number of piperazine rings is 1. The molecule has 2 heterocycles. The van der Waals surface area contributed by atoms with Crippen molar-refractivity contribution in [2.75, 3.05) is 33.0 Å². The highest BCUT2D eigenvalue weighted by Gasteiger charge is 2.25. The number of carbonyl (C=O) groups excluding carboxylic acids is 1. The minimum absolute atomic E-state index is 0.122. The summed E-state index contributed by atoms with van der Waals surface area (Å²) < 4.78 is 10.9. The first kappa shape index (κ1) is 18.7. The van der Waals surface area contributed by atoms with Gasteiger partial charge in [-0.15, -0.1) is 0 Å². The number of quaternary nitrogens is 1. The number of hydrogen-bond acceptors (Lipinski definition) is 3. The van der Waals surface area contributed by atoms with E-state index >= 15 is 0 Å². The molecule has 2 aliphatic rings. The minimum atomic E-state index is 0.122. The van der Waals surface area contributed by atoms with Gasteiger partial charge in [-0.05, 0) is 41.5 Å². The van der Waals surface area contributed by atoms with Gasteiger partial charge in [0.05, 0.1) is 26.2 Å². The number of hydrogen-bond donors (Lipinski definition) is 1. The van der Waals surface area contributed by atoms with Crippen LogP contribution in [0.3, 0.4) is 0 Å². The molecule has 0 spiro atoms. The first-order valence-corrected chi connectivity index (χ1v) is 10.4. The third kappa shape index (κ3) is 3.89. The zero-order chi connectivity index (χ0) is 20.3. The maximum Gasteiger partial charge on any atom is 0.254 e. The summed E-state index contributed by atoms with van der Waals surface area (Å²) in [4.78, 5) is 16.4. The Morgan fingerprint density at radius 3 is 2.30 bits per heavy atom. The van der Waals surface area contributed by atoms with Crippen LogP contribution < -0.4 is 14.4 Å². The molecule has 0 aromatic heterocycles. The average molecular weight is 401 g/mol. The van der Waals surface area contributed by atoms with Crippen LogP contribution in [0, 0.1) is 0 Å². The van der Waals surface area contributed by atoms with E-state index in [1.54, 1.807) is 0 Å². The molecular weight excluding hydrogens is 376 g/mol. The smallest absolute Gasteiger partial charge is 0.254 e. The molecule has 3 aromatic carbocycles. The Kier molecular flexibility index (Phi) is 5.11. The standard InChI is InChI=1S/C25H24N2O3/c28-25(22-9-7-21(8-10-22)20-4-2-1-3-5-20)27-14-12-26(13-15-27)17-19-6-11-23-24(16-19)30-18-29-23/h1-11,16H,12-15,17-18H2/p+1. The molecule has 5 rings (SSSR count). The number of rotatable bonds is 4. The van der Waals surface area contributed by atoms with Crippen LogP contribution in [0.2, 0.25) is 0 Å². The summed E-state index contributed by atoms with van der Waals surface area (Å²) in [5.74, 6) is 1.78. The largest absolute Gasteiger partial charge is 0.454 e. The van der Waals surface area contributed by atoms with Gasteiger partial charge < -0.3 is 19.3 Å². The van der Waals surface area contributed by atoms with Gasteiger partial charge in [-0.2, -0.15) is 0 Å². The number of fused-ring (bicyclic) bond motifs is 1. The van der Waals surface area contributed by atoms with Gasteiger partial charge in [0.25, 0.3) is 5.91 Å². The van der Waals surface area contributed by atoms with Crippen LogP contribution >= 0.6 is 0 Å². The molecule has 5 heteroatoms. The Hall–Kier alpha value is -3.31. The molecule has 0 unspecified atom stereocenters. The number of carbonyl (C=O) groups is 1. The second-order valence-electron chi connectivity index (χ2n) is 7.85. The number of nitrogens with zero attached hydrogens (tertiary/aromatic N) is 1. The molecule has 1 N–H and O–H groups in total. The van der Waals surface area contributed by atoms with Gasteiger partial charge >= 0.3 is 0 Å². The third-order valence-electron chi connectivity index (χ3n) is 5.89. The molecule has 2 aliphatic heterocycles. The Labute approximate surface area is 176 Å². The zero-order valence-electron chi connectivity index (χ0n) is 16.8. The van der Waals surface area contributed by atoms with E-state index in [9.17, 15) is 4.79 Å². The van der Waals surface area contributed by atoms with Crippen LogP contribution in [-0.4, -0.2) is 43.8 Å². The van der Waals surface area contributed by atoms with Crippen molar-refractivity contribution in [2.24, 2.45) is 0 Å². The first-order valence-electron chi connectivity index (χ1n) is 10.4. The van der Waals surface area contributed by atoms with Crippen molar-refractivity contribution in [1.82, 2.24) is 4.90 Å². The summed E-state index contributed by atoms with van der Waals surface area (Å²) in [6.07, 6.45) is 0. The molecule has 1 saturated heterocycles. The second kappa shape index (κ2) is 8.20. The van der Waals surface area contributed by atoms with Crippen molar-refractivity contribution in [1.29, 1.82) is 0 Å². The quantitative estimate of drug-likeness (QED) is 0.731. The predicted molar refractivity (Wildman–Crippen MR) is 115 cm³/mol. The fraction of sp³-hybridized carbons (Fsp3) is 0.240. The highest BCUT2D eigenvalue weighted by atomic mass is 16.7. The van der Waals surface area contributed by atoms with E-state index in [1.807, 2.05) is 53.4 Å². The Bertz CT molecular complexity index is 1030. The van der Waals surface area contributed by atoms with Gasteiger partial charge in [0, 0.05) is 11.1 Å². The van der Waals surface area contributed by atoms with E-state index in [2.05, 4.69) is 24.3 Å². The third-order valence-corrected chi connectivity index (χ3v) is 5.89. The van der Waals surface area contributed by atoms with Crippen molar-refractivity contribution in [3.8, 4) is 22.6 Å². The summed E-state index contributed by atoms with van der Waals surface area (Å²) in [7, 11) is 0. The molecule has 1 amide bonds. The zero-order valence-corrected chi connectivity index (χ0v) is 16.8. The molecule has 0 aliphatic carbocycles. The first-order chi connectivity index (χ1) is 14.8. The van der Waals surface area contributed by atoms with Crippen LogP contribution in [0.5, 0.6) is 11.5 Å². The highest BCUT2D eigenvalue weighted by Crippen LogP contribution is 2.32. The fourth-order valence-electron chi connectivity index (χ4n) is 4.16. The molecule has 5 nitrogen and oxygen atoms in total. The van der Waals surface area contributed by atoms with E-state index in [0.29, 0.717) is 6.79 Å². The van der Waals surface area contributed by atoms with Gasteiger partial charge in [-0.25, -0.2) is 0 Å². The summed E-state index contributed by atoms with van der Waals surface area (Å²) in [5, 5.41) is 0. The van der Waals surface area contributed by atoms with Gasteiger partial charge in [0.2, 0.25) is 6.79 Å². The van der Waals surface area contributed by atoms with Crippen LogP contribution in [0.4, 0.5) is 0 Å².